The van der Waals surface area contributed by atoms with Gasteiger partial charge in [-0.05, 0) is 40.0 Å². The Morgan fingerprint density at radius 1 is 1.19 bits per heavy atom. The van der Waals surface area contributed by atoms with Gasteiger partial charge in [0, 0.05) is 42.9 Å². The normalized spacial score (nSPS) is 19.6. The molecule has 110 valence electrons. The number of nitrogens with zero attached hydrogens (tertiary/aromatic N) is 2. The molecule has 1 aromatic heterocycles. The van der Waals surface area contributed by atoms with Crippen molar-refractivity contribution in [2.75, 3.05) is 19.6 Å². The van der Waals surface area contributed by atoms with E-state index in [4.69, 9.17) is 0 Å². The fraction of sp³-hybridized carbons (Fsp3) is 0.353. The quantitative estimate of drug-likeness (QED) is 0.923. The van der Waals surface area contributed by atoms with Crippen LogP contribution in [0.4, 0.5) is 0 Å². The number of piperazine rings is 1. The van der Waals surface area contributed by atoms with Gasteiger partial charge in [-0.25, -0.2) is 0 Å². The molecule has 0 amide bonds. The maximum atomic E-state index is 4.50. The van der Waals surface area contributed by atoms with Gasteiger partial charge in [-0.3, -0.25) is 9.88 Å². The summed E-state index contributed by atoms with van der Waals surface area (Å²) in [6.07, 6.45) is 2.97. The molecule has 1 unspecified atom stereocenters. The summed E-state index contributed by atoms with van der Waals surface area (Å²) < 4.78 is 1.03. The van der Waals surface area contributed by atoms with Crippen LogP contribution in [0.2, 0.25) is 0 Å². The molecule has 1 aliphatic rings. The van der Waals surface area contributed by atoms with E-state index in [1.165, 1.54) is 5.56 Å². The zero-order valence-corrected chi connectivity index (χ0v) is 13.6. The predicted molar refractivity (Wildman–Crippen MR) is 89.2 cm³/mol. The molecule has 1 aromatic carbocycles. The Bertz CT molecular complexity index is 556. The lowest BCUT2D eigenvalue weighted by Crippen LogP contribution is -2.51. The molecular formula is C17H20BrN3. The third-order valence-corrected chi connectivity index (χ3v) is 4.41. The molecule has 21 heavy (non-hydrogen) atoms. The van der Waals surface area contributed by atoms with Gasteiger partial charge >= 0.3 is 0 Å². The van der Waals surface area contributed by atoms with E-state index in [2.05, 4.69) is 73.6 Å². The average Bonchev–Trinajstić information content (AvgIpc) is 2.52. The highest BCUT2D eigenvalue weighted by Crippen LogP contribution is 2.15. The third-order valence-electron chi connectivity index (χ3n) is 3.94. The second-order valence-electron chi connectivity index (χ2n) is 5.49. The largest absolute Gasteiger partial charge is 0.314 e. The van der Waals surface area contributed by atoms with Gasteiger partial charge in [0.05, 0.1) is 5.69 Å². The first kappa shape index (κ1) is 14.7. The molecule has 0 radical (unpaired) electrons. The Kier molecular flexibility index (Phi) is 5.01. The molecular weight excluding hydrogens is 326 g/mol. The molecule has 0 aliphatic carbocycles. The number of aromatic nitrogens is 1. The van der Waals surface area contributed by atoms with Gasteiger partial charge in [-0.15, -0.1) is 0 Å². The van der Waals surface area contributed by atoms with E-state index in [0.29, 0.717) is 6.04 Å². The van der Waals surface area contributed by atoms with Gasteiger partial charge in [0.2, 0.25) is 0 Å². The Hall–Kier alpha value is -1.23. The summed E-state index contributed by atoms with van der Waals surface area (Å²) in [4.78, 5) is 7.05. The standard InChI is InChI=1S/C17H20BrN3/c18-15-6-7-16(20-11-15)13-21-9-8-19-12-17(21)10-14-4-2-1-3-5-14/h1-7,11,17,19H,8-10,12-13H2. The maximum absolute atomic E-state index is 4.50. The lowest BCUT2D eigenvalue weighted by atomic mass is 10.0. The fourth-order valence-corrected chi connectivity index (χ4v) is 3.04. The smallest absolute Gasteiger partial charge is 0.0544 e. The molecule has 1 fully saturated rings. The second kappa shape index (κ2) is 7.16. The van der Waals surface area contributed by atoms with E-state index in [0.717, 1.165) is 42.8 Å². The van der Waals surface area contributed by atoms with E-state index in [-0.39, 0.29) is 0 Å². The van der Waals surface area contributed by atoms with E-state index in [9.17, 15) is 0 Å². The number of pyridine rings is 1. The molecule has 2 heterocycles. The first-order chi connectivity index (χ1) is 10.3. The van der Waals surface area contributed by atoms with Crippen molar-refractivity contribution in [2.45, 2.75) is 19.0 Å². The van der Waals surface area contributed by atoms with Gasteiger partial charge in [-0.2, -0.15) is 0 Å². The van der Waals surface area contributed by atoms with E-state index in [1.54, 1.807) is 0 Å². The lowest BCUT2D eigenvalue weighted by Gasteiger charge is -2.36. The highest BCUT2D eigenvalue weighted by molar-refractivity contribution is 9.10. The summed E-state index contributed by atoms with van der Waals surface area (Å²) in [6, 6.07) is 15.4. The first-order valence-electron chi connectivity index (χ1n) is 7.40. The maximum Gasteiger partial charge on any atom is 0.0544 e. The van der Waals surface area contributed by atoms with Crippen molar-refractivity contribution in [2.24, 2.45) is 0 Å². The minimum atomic E-state index is 0.534. The zero-order chi connectivity index (χ0) is 14.5. The number of rotatable bonds is 4. The highest BCUT2D eigenvalue weighted by atomic mass is 79.9. The molecule has 1 aliphatic heterocycles. The summed E-state index contributed by atoms with van der Waals surface area (Å²) in [7, 11) is 0. The minimum Gasteiger partial charge on any atom is -0.314 e. The SMILES string of the molecule is Brc1ccc(CN2CCNCC2Cc2ccccc2)nc1. The van der Waals surface area contributed by atoms with Crippen LogP contribution in [0.3, 0.4) is 0 Å². The number of hydrogen-bond donors (Lipinski definition) is 1. The molecule has 2 aromatic rings. The van der Waals surface area contributed by atoms with Crippen molar-refractivity contribution in [3.8, 4) is 0 Å². The summed E-state index contributed by atoms with van der Waals surface area (Å²) in [6.45, 7) is 4.11. The summed E-state index contributed by atoms with van der Waals surface area (Å²) >= 11 is 3.44. The van der Waals surface area contributed by atoms with Crippen LogP contribution in [0.1, 0.15) is 11.3 Å². The van der Waals surface area contributed by atoms with Crippen molar-refractivity contribution >= 4 is 15.9 Å². The van der Waals surface area contributed by atoms with Crippen LogP contribution in [-0.2, 0) is 13.0 Å². The molecule has 0 saturated carbocycles. The van der Waals surface area contributed by atoms with Crippen molar-refractivity contribution in [3.05, 3.63) is 64.4 Å². The van der Waals surface area contributed by atoms with Gasteiger partial charge in [0.25, 0.3) is 0 Å². The monoisotopic (exact) mass is 345 g/mol. The second-order valence-corrected chi connectivity index (χ2v) is 6.40. The summed E-state index contributed by atoms with van der Waals surface area (Å²) in [5.41, 5.74) is 2.54. The number of nitrogens with one attached hydrogen (secondary N) is 1. The van der Waals surface area contributed by atoms with Crippen LogP contribution in [0, 0.1) is 0 Å². The Balaban J connectivity index is 1.68. The molecule has 3 nitrogen and oxygen atoms in total. The van der Waals surface area contributed by atoms with Crippen molar-refractivity contribution in [3.63, 3.8) is 0 Å². The average molecular weight is 346 g/mol. The fourth-order valence-electron chi connectivity index (χ4n) is 2.81. The van der Waals surface area contributed by atoms with Crippen LogP contribution < -0.4 is 5.32 Å². The molecule has 4 heteroatoms. The Morgan fingerprint density at radius 3 is 2.81 bits per heavy atom. The van der Waals surface area contributed by atoms with Crippen molar-refractivity contribution < 1.29 is 0 Å². The molecule has 0 bridgehead atoms. The van der Waals surface area contributed by atoms with Crippen LogP contribution in [0.25, 0.3) is 0 Å². The Morgan fingerprint density at radius 2 is 2.05 bits per heavy atom. The van der Waals surface area contributed by atoms with E-state index < -0.39 is 0 Å². The first-order valence-corrected chi connectivity index (χ1v) is 8.20. The topological polar surface area (TPSA) is 28.2 Å². The number of halogens is 1. The van der Waals surface area contributed by atoms with Gasteiger partial charge < -0.3 is 5.32 Å². The molecule has 0 spiro atoms. The van der Waals surface area contributed by atoms with Crippen LogP contribution >= 0.6 is 15.9 Å². The van der Waals surface area contributed by atoms with Gasteiger partial charge in [-0.1, -0.05) is 30.3 Å². The molecule has 3 rings (SSSR count). The Labute approximate surface area is 134 Å². The van der Waals surface area contributed by atoms with Crippen molar-refractivity contribution in [1.29, 1.82) is 0 Å². The third kappa shape index (κ3) is 4.13. The number of hydrogen-bond acceptors (Lipinski definition) is 3. The van der Waals surface area contributed by atoms with E-state index >= 15 is 0 Å². The van der Waals surface area contributed by atoms with Gasteiger partial charge in [0.15, 0.2) is 0 Å². The van der Waals surface area contributed by atoms with Crippen LogP contribution in [0.5, 0.6) is 0 Å². The zero-order valence-electron chi connectivity index (χ0n) is 12.0. The summed E-state index contributed by atoms with van der Waals surface area (Å²) in [5, 5.41) is 3.51. The van der Waals surface area contributed by atoms with Crippen LogP contribution in [0.15, 0.2) is 53.1 Å². The summed E-state index contributed by atoms with van der Waals surface area (Å²) in [5.74, 6) is 0. The van der Waals surface area contributed by atoms with Gasteiger partial charge in [0.1, 0.15) is 0 Å². The number of benzene rings is 1. The predicted octanol–water partition coefficient (Wildman–Crippen LogP) is 2.86. The molecule has 1 N–H and O–H groups in total. The van der Waals surface area contributed by atoms with Crippen LogP contribution in [-0.4, -0.2) is 35.6 Å². The van der Waals surface area contributed by atoms with Crippen molar-refractivity contribution in [1.82, 2.24) is 15.2 Å². The minimum absolute atomic E-state index is 0.534. The molecule has 1 saturated heterocycles. The molecule has 1 atom stereocenters. The lowest BCUT2D eigenvalue weighted by molar-refractivity contribution is 0.150. The van der Waals surface area contributed by atoms with E-state index in [1.807, 2.05) is 6.20 Å². The highest BCUT2D eigenvalue weighted by Gasteiger charge is 2.22.